The Kier molecular flexibility index (Phi) is 12.5. The molecule has 0 radical (unpaired) electrons. The Morgan fingerprint density at radius 2 is 1.34 bits per heavy atom. The Morgan fingerprint density at radius 3 is 1.89 bits per heavy atom. The average Bonchev–Trinajstić information content (AvgIpc) is 3.06. The lowest BCUT2D eigenvalue weighted by Gasteiger charge is -2.34. The van der Waals surface area contributed by atoms with Gasteiger partial charge in [-0.2, -0.15) is 0 Å². The SMILES string of the molecule is CC(C)CNC(=O)[C@H](Cc1ccccc1)N(Cc1c(Cl)cccc1Cl)C(=O)CN(c1ccc(C(C)C)cc1)S(=O)(=O)c1ccccc1. The third-order valence-electron chi connectivity index (χ3n) is 7.80. The molecular formula is C37H41Cl2N3O4S. The standard InChI is InChI=1S/C37H41Cl2N3O4S/c1-26(2)23-40-37(44)35(22-28-12-7-5-8-13-28)41(24-32-33(38)16-11-17-34(32)39)36(43)25-42(30-20-18-29(19-21-30)27(3)4)47(45,46)31-14-9-6-10-15-31/h5-21,26-27,35H,22-25H2,1-4H3,(H,40,44)/t35-/m0/s1. The number of anilines is 1. The Hall–Kier alpha value is -3.85. The number of sulfonamides is 1. The van der Waals surface area contributed by atoms with Crippen molar-refractivity contribution in [1.82, 2.24) is 10.2 Å². The van der Waals surface area contributed by atoms with Gasteiger partial charge in [0.05, 0.1) is 10.6 Å². The zero-order chi connectivity index (χ0) is 34.1. The van der Waals surface area contributed by atoms with E-state index in [1.807, 2.05) is 70.2 Å². The minimum absolute atomic E-state index is 0.0388. The molecule has 7 nitrogen and oxygen atoms in total. The zero-order valence-corrected chi connectivity index (χ0v) is 29.4. The number of amides is 2. The van der Waals surface area contributed by atoms with Crippen LogP contribution in [0.4, 0.5) is 5.69 Å². The predicted octanol–water partition coefficient (Wildman–Crippen LogP) is 7.72. The number of rotatable bonds is 14. The molecule has 0 aliphatic heterocycles. The lowest BCUT2D eigenvalue weighted by atomic mass is 10.0. The van der Waals surface area contributed by atoms with Crippen molar-refractivity contribution in [3.8, 4) is 0 Å². The van der Waals surface area contributed by atoms with Gasteiger partial charge in [0, 0.05) is 35.1 Å². The van der Waals surface area contributed by atoms with E-state index < -0.39 is 28.5 Å². The van der Waals surface area contributed by atoms with Gasteiger partial charge in [0.1, 0.15) is 12.6 Å². The lowest BCUT2D eigenvalue weighted by molar-refractivity contribution is -0.140. The molecule has 0 aromatic heterocycles. The molecule has 0 fully saturated rings. The first-order chi connectivity index (χ1) is 22.4. The summed E-state index contributed by atoms with van der Waals surface area (Å²) < 4.78 is 29.5. The summed E-state index contributed by atoms with van der Waals surface area (Å²) in [5.74, 6) is -0.561. The maximum atomic E-state index is 14.6. The molecule has 2 amide bonds. The second kappa shape index (κ2) is 16.3. The highest BCUT2D eigenvalue weighted by Gasteiger charge is 2.35. The van der Waals surface area contributed by atoms with E-state index >= 15 is 0 Å². The van der Waals surface area contributed by atoms with Crippen LogP contribution in [0, 0.1) is 5.92 Å². The van der Waals surface area contributed by atoms with E-state index in [4.69, 9.17) is 23.2 Å². The van der Waals surface area contributed by atoms with Crippen molar-refractivity contribution in [3.63, 3.8) is 0 Å². The molecule has 0 saturated carbocycles. The zero-order valence-electron chi connectivity index (χ0n) is 27.1. The van der Waals surface area contributed by atoms with Crippen LogP contribution in [0.5, 0.6) is 0 Å². The molecule has 4 aromatic rings. The Balaban J connectivity index is 1.83. The van der Waals surface area contributed by atoms with E-state index in [2.05, 4.69) is 5.32 Å². The van der Waals surface area contributed by atoms with E-state index in [9.17, 15) is 18.0 Å². The summed E-state index contributed by atoms with van der Waals surface area (Å²) >= 11 is 13.2. The summed E-state index contributed by atoms with van der Waals surface area (Å²) in [7, 11) is -4.20. The van der Waals surface area contributed by atoms with E-state index in [1.54, 1.807) is 48.5 Å². The number of nitrogens with one attached hydrogen (secondary N) is 1. The summed E-state index contributed by atoms with van der Waals surface area (Å²) in [6.07, 6.45) is 0.188. The number of benzene rings is 4. The second-order valence-electron chi connectivity index (χ2n) is 12.1. The van der Waals surface area contributed by atoms with Crippen LogP contribution in [0.25, 0.3) is 0 Å². The molecule has 4 aromatic carbocycles. The van der Waals surface area contributed by atoms with Crippen LogP contribution in [0.3, 0.4) is 0 Å². The van der Waals surface area contributed by atoms with Crippen molar-refractivity contribution in [2.45, 2.75) is 57.5 Å². The fraction of sp³-hybridized carbons (Fsp3) is 0.297. The normalized spacial score (nSPS) is 12.2. The Bertz CT molecular complexity index is 1730. The third-order valence-corrected chi connectivity index (χ3v) is 10.3. The fourth-order valence-corrected chi connectivity index (χ4v) is 7.06. The van der Waals surface area contributed by atoms with Gasteiger partial charge < -0.3 is 10.2 Å². The van der Waals surface area contributed by atoms with Crippen molar-refractivity contribution >= 4 is 50.7 Å². The van der Waals surface area contributed by atoms with Crippen LogP contribution in [0.1, 0.15) is 50.3 Å². The maximum absolute atomic E-state index is 14.6. The summed E-state index contributed by atoms with van der Waals surface area (Å²) in [6.45, 7) is 7.78. The number of carbonyl (C=O) groups excluding carboxylic acids is 2. The third kappa shape index (κ3) is 9.37. The number of halogens is 2. The number of hydrogen-bond donors (Lipinski definition) is 1. The van der Waals surface area contributed by atoms with E-state index in [-0.39, 0.29) is 35.6 Å². The summed E-state index contributed by atoms with van der Waals surface area (Å²) in [4.78, 5) is 30.0. The second-order valence-corrected chi connectivity index (χ2v) is 14.8. The van der Waals surface area contributed by atoms with Crippen LogP contribution >= 0.6 is 23.2 Å². The van der Waals surface area contributed by atoms with Gasteiger partial charge in [0.25, 0.3) is 10.0 Å². The first-order valence-corrected chi connectivity index (χ1v) is 17.8. The summed E-state index contributed by atoms with van der Waals surface area (Å²) in [5, 5.41) is 3.64. The van der Waals surface area contributed by atoms with Crippen molar-refractivity contribution in [3.05, 3.63) is 130 Å². The van der Waals surface area contributed by atoms with Gasteiger partial charge in [0.2, 0.25) is 11.8 Å². The van der Waals surface area contributed by atoms with Crippen LogP contribution in [-0.4, -0.2) is 44.3 Å². The lowest BCUT2D eigenvalue weighted by Crippen LogP contribution is -2.53. The van der Waals surface area contributed by atoms with Crippen LogP contribution in [0.2, 0.25) is 10.0 Å². The number of hydrogen-bond acceptors (Lipinski definition) is 4. The van der Waals surface area contributed by atoms with E-state index in [0.29, 0.717) is 27.8 Å². The summed E-state index contributed by atoms with van der Waals surface area (Å²) in [5.41, 5.74) is 2.64. The highest BCUT2D eigenvalue weighted by atomic mass is 35.5. The monoisotopic (exact) mass is 693 g/mol. The summed E-state index contributed by atoms with van der Waals surface area (Å²) in [6, 6.07) is 28.5. The highest BCUT2D eigenvalue weighted by molar-refractivity contribution is 7.92. The molecule has 47 heavy (non-hydrogen) atoms. The molecule has 248 valence electrons. The molecule has 1 N–H and O–H groups in total. The number of carbonyl (C=O) groups is 2. The molecule has 0 heterocycles. The largest absolute Gasteiger partial charge is 0.354 e. The quantitative estimate of drug-likeness (QED) is 0.147. The molecule has 0 bridgehead atoms. The van der Waals surface area contributed by atoms with Crippen molar-refractivity contribution < 1.29 is 18.0 Å². The van der Waals surface area contributed by atoms with Gasteiger partial charge in [-0.3, -0.25) is 13.9 Å². The van der Waals surface area contributed by atoms with Gasteiger partial charge in [-0.15, -0.1) is 0 Å². The molecular weight excluding hydrogens is 653 g/mol. The Morgan fingerprint density at radius 1 is 0.766 bits per heavy atom. The van der Waals surface area contributed by atoms with Crippen LogP contribution in [-0.2, 0) is 32.6 Å². The maximum Gasteiger partial charge on any atom is 0.264 e. The van der Waals surface area contributed by atoms with E-state index in [0.717, 1.165) is 15.4 Å². The van der Waals surface area contributed by atoms with E-state index in [1.165, 1.54) is 17.0 Å². The van der Waals surface area contributed by atoms with Gasteiger partial charge in [0.15, 0.2) is 0 Å². The predicted molar refractivity (Wildman–Crippen MR) is 190 cm³/mol. The van der Waals surface area contributed by atoms with Crippen molar-refractivity contribution in [2.75, 3.05) is 17.4 Å². The van der Waals surface area contributed by atoms with Gasteiger partial charge >= 0.3 is 0 Å². The fourth-order valence-electron chi connectivity index (χ4n) is 5.10. The molecule has 1 atom stereocenters. The van der Waals surface area contributed by atoms with Crippen molar-refractivity contribution in [1.29, 1.82) is 0 Å². The minimum Gasteiger partial charge on any atom is -0.354 e. The molecule has 0 saturated heterocycles. The molecule has 10 heteroatoms. The molecule has 0 spiro atoms. The molecule has 0 aliphatic carbocycles. The van der Waals surface area contributed by atoms with Gasteiger partial charge in [-0.25, -0.2) is 8.42 Å². The first-order valence-electron chi connectivity index (χ1n) is 15.6. The topological polar surface area (TPSA) is 86.8 Å². The van der Waals surface area contributed by atoms with Gasteiger partial charge in [-0.1, -0.05) is 118 Å². The average molecular weight is 695 g/mol. The van der Waals surface area contributed by atoms with Crippen LogP contribution in [0.15, 0.2) is 108 Å². The smallest absolute Gasteiger partial charge is 0.264 e. The number of nitrogens with zero attached hydrogens (tertiary/aromatic N) is 2. The van der Waals surface area contributed by atoms with Crippen molar-refractivity contribution in [2.24, 2.45) is 5.92 Å². The highest BCUT2D eigenvalue weighted by Crippen LogP contribution is 2.29. The Labute approximate surface area is 288 Å². The van der Waals surface area contributed by atoms with Gasteiger partial charge in [-0.05, 0) is 59.4 Å². The van der Waals surface area contributed by atoms with Crippen LogP contribution < -0.4 is 9.62 Å². The minimum atomic E-state index is -4.20. The first kappa shape index (κ1) is 36.0. The molecule has 0 unspecified atom stereocenters. The molecule has 4 rings (SSSR count). The molecule has 0 aliphatic rings.